The summed E-state index contributed by atoms with van der Waals surface area (Å²) in [6, 6.07) is 5.17. The first kappa shape index (κ1) is 14.3. The van der Waals surface area contributed by atoms with Gasteiger partial charge in [-0.1, -0.05) is 26.8 Å². The zero-order valence-electron chi connectivity index (χ0n) is 12.1. The molecule has 1 aliphatic rings. The van der Waals surface area contributed by atoms with E-state index in [1.807, 2.05) is 6.07 Å². The Morgan fingerprint density at radius 2 is 2.21 bits per heavy atom. The first-order valence-corrected chi connectivity index (χ1v) is 7.29. The number of fused-ring (bicyclic) bond motifs is 1. The van der Waals surface area contributed by atoms with Gasteiger partial charge in [0.25, 0.3) is 0 Å². The average Bonchev–Trinajstić information content (AvgIpc) is 2.34. The Morgan fingerprint density at radius 1 is 1.42 bits per heavy atom. The maximum absolute atomic E-state index is 13.4. The summed E-state index contributed by atoms with van der Waals surface area (Å²) in [5.41, 5.74) is 1.09. The lowest BCUT2D eigenvalue weighted by molar-refractivity contribution is 0.127. The highest BCUT2D eigenvalue weighted by Crippen LogP contribution is 2.36. The highest BCUT2D eigenvalue weighted by Gasteiger charge is 2.28. The zero-order chi connectivity index (χ0) is 13.8. The molecule has 1 aliphatic heterocycles. The second kappa shape index (κ2) is 6.38. The van der Waals surface area contributed by atoms with Gasteiger partial charge in [0.15, 0.2) is 0 Å². The summed E-state index contributed by atoms with van der Waals surface area (Å²) in [6.07, 6.45) is 3.27. The standard InChI is InChI=1S/C16H24FNO/c1-4-7-18-15-10-13(8-11(2)3)19-16-9-12(17)5-6-14(15)16/h5-6,9,11,13,15,18H,4,7-8,10H2,1-3H3. The second-order valence-corrected chi connectivity index (χ2v) is 5.79. The van der Waals surface area contributed by atoms with Gasteiger partial charge < -0.3 is 10.1 Å². The van der Waals surface area contributed by atoms with Gasteiger partial charge in [-0.15, -0.1) is 0 Å². The van der Waals surface area contributed by atoms with Crippen molar-refractivity contribution in [2.24, 2.45) is 5.92 Å². The number of ether oxygens (including phenoxy) is 1. The van der Waals surface area contributed by atoms with Crippen molar-refractivity contribution in [3.63, 3.8) is 0 Å². The molecule has 1 heterocycles. The predicted molar refractivity (Wildman–Crippen MR) is 75.9 cm³/mol. The van der Waals surface area contributed by atoms with E-state index in [-0.39, 0.29) is 18.0 Å². The van der Waals surface area contributed by atoms with E-state index in [1.165, 1.54) is 12.1 Å². The highest BCUT2D eigenvalue weighted by molar-refractivity contribution is 5.38. The Hall–Kier alpha value is -1.09. The molecule has 2 rings (SSSR count). The van der Waals surface area contributed by atoms with Crippen LogP contribution >= 0.6 is 0 Å². The fourth-order valence-electron chi connectivity index (χ4n) is 2.70. The third-order valence-corrected chi connectivity index (χ3v) is 3.52. The first-order valence-electron chi connectivity index (χ1n) is 7.29. The molecule has 2 atom stereocenters. The predicted octanol–water partition coefficient (Wildman–Crippen LogP) is 4.06. The molecular formula is C16H24FNO. The molecule has 0 fully saturated rings. The van der Waals surface area contributed by atoms with Gasteiger partial charge in [-0.05, 0) is 31.4 Å². The molecule has 1 aromatic carbocycles. The average molecular weight is 265 g/mol. The van der Waals surface area contributed by atoms with Crippen LogP contribution in [0.2, 0.25) is 0 Å². The minimum Gasteiger partial charge on any atom is -0.490 e. The summed E-state index contributed by atoms with van der Waals surface area (Å²) < 4.78 is 19.3. The Balaban J connectivity index is 2.19. The zero-order valence-corrected chi connectivity index (χ0v) is 12.1. The van der Waals surface area contributed by atoms with E-state index in [4.69, 9.17) is 4.74 Å². The number of rotatable bonds is 5. The van der Waals surface area contributed by atoms with Crippen LogP contribution in [-0.2, 0) is 0 Å². The lowest BCUT2D eigenvalue weighted by Crippen LogP contribution is -2.34. The molecule has 0 bridgehead atoms. The minimum atomic E-state index is -0.224. The fraction of sp³-hybridized carbons (Fsp3) is 0.625. The second-order valence-electron chi connectivity index (χ2n) is 5.79. The number of benzene rings is 1. The molecule has 0 saturated carbocycles. The van der Waals surface area contributed by atoms with Gasteiger partial charge in [-0.2, -0.15) is 0 Å². The lowest BCUT2D eigenvalue weighted by atomic mass is 9.92. The molecule has 2 nitrogen and oxygen atoms in total. The monoisotopic (exact) mass is 265 g/mol. The van der Waals surface area contributed by atoms with Crippen LogP contribution in [0.4, 0.5) is 4.39 Å². The van der Waals surface area contributed by atoms with Crippen molar-refractivity contribution in [1.29, 1.82) is 0 Å². The van der Waals surface area contributed by atoms with Crippen molar-refractivity contribution in [3.8, 4) is 5.75 Å². The van der Waals surface area contributed by atoms with Crippen LogP contribution in [0.1, 0.15) is 51.6 Å². The summed E-state index contributed by atoms with van der Waals surface area (Å²) in [7, 11) is 0. The smallest absolute Gasteiger partial charge is 0.127 e. The van der Waals surface area contributed by atoms with Crippen LogP contribution in [0.15, 0.2) is 18.2 Å². The number of halogens is 1. The van der Waals surface area contributed by atoms with Gasteiger partial charge in [0.1, 0.15) is 17.7 Å². The fourth-order valence-corrected chi connectivity index (χ4v) is 2.70. The molecule has 106 valence electrons. The van der Waals surface area contributed by atoms with E-state index < -0.39 is 0 Å². The molecule has 0 amide bonds. The Morgan fingerprint density at radius 3 is 2.89 bits per heavy atom. The first-order chi connectivity index (χ1) is 9.10. The van der Waals surface area contributed by atoms with Crippen LogP contribution in [0.5, 0.6) is 5.75 Å². The van der Waals surface area contributed by atoms with Gasteiger partial charge in [0, 0.05) is 24.1 Å². The van der Waals surface area contributed by atoms with Crippen molar-refractivity contribution in [2.45, 2.75) is 52.2 Å². The van der Waals surface area contributed by atoms with Crippen LogP contribution in [0.25, 0.3) is 0 Å². The van der Waals surface area contributed by atoms with Crippen LogP contribution in [-0.4, -0.2) is 12.6 Å². The van der Waals surface area contributed by atoms with Crippen LogP contribution < -0.4 is 10.1 Å². The molecule has 1 aromatic rings. The van der Waals surface area contributed by atoms with Gasteiger partial charge in [-0.3, -0.25) is 0 Å². The summed E-state index contributed by atoms with van der Waals surface area (Å²) in [6.45, 7) is 7.53. The minimum absolute atomic E-state index is 0.184. The van der Waals surface area contributed by atoms with E-state index >= 15 is 0 Å². The van der Waals surface area contributed by atoms with E-state index in [9.17, 15) is 4.39 Å². The van der Waals surface area contributed by atoms with Crippen molar-refractivity contribution in [1.82, 2.24) is 5.32 Å². The lowest BCUT2D eigenvalue weighted by Gasteiger charge is -2.33. The molecule has 0 spiro atoms. The van der Waals surface area contributed by atoms with E-state index in [2.05, 4.69) is 26.1 Å². The van der Waals surface area contributed by atoms with Crippen molar-refractivity contribution >= 4 is 0 Å². The number of hydrogen-bond acceptors (Lipinski definition) is 2. The summed E-state index contributed by atoms with van der Waals surface area (Å²) in [4.78, 5) is 0. The van der Waals surface area contributed by atoms with Gasteiger partial charge >= 0.3 is 0 Å². The normalized spacial score (nSPS) is 22.2. The molecule has 19 heavy (non-hydrogen) atoms. The summed E-state index contributed by atoms with van der Waals surface area (Å²) >= 11 is 0. The third-order valence-electron chi connectivity index (χ3n) is 3.52. The molecule has 2 unspecified atom stereocenters. The van der Waals surface area contributed by atoms with Crippen molar-refractivity contribution in [3.05, 3.63) is 29.6 Å². The van der Waals surface area contributed by atoms with E-state index in [0.717, 1.165) is 31.4 Å². The van der Waals surface area contributed by atoms with E-state index in [0.29, 0.717) is 11.7 Å². The molecule has 1 N–H and O–H groups in total. The topological polar surface area (TPSA) is 21.3 Å². The van der Waals surface area contributed by atoms with Gasteiger partial charge in [0.2, 0.25) is 0 Å². The van der Waals surface area contributed by atoms with Gasteiger partial charge in [0.05, 0.1) is 0 Å². The quantitative estimate of drug-likeness (QED) is 0.866. The number of nitrogens with one attached hydrogen (secondary N) is 1. The SMILES string of the molecule is CCCNC1CC(CC(C)C)Oc2cc(F)ccc21. The molecule has 0 aromatic heterocycles. The maximum Gasteiger partial charge on any atom is 0.127 e. The van der Waals surface area contributed by atoms with Crippen molar-refractivity contribution < 1.29 is 9.13 Å². The number of hydrogen-bond donors (Lipinski definition) is 1. The highest BCUT2D eigenvalue weighted by atomic mass is 19.1. The molecule has 3 heteroatoms. The largest absolute Gasteiger partial charge is 0.490 e. The van der Waals surface area contributed by atoms with Crippen molar-refractivity contribution in [2.75, 3.05) is 6.54 Å². The van der Waals surface area contributed by atoms with Gasteiger partial charge in [-0.25, -0.2) is 4.39 Å². The van der Waals surface area contributed by atoms with Crippen LogP contribution in [0, 0.1) is 11.7 Å². The molecule has 0 aliphatic carbocycles. The summed E-state index contributed by atoms with van der Waals surface area (Å²) in [5, 5.41) is 3.55. The molecule has 0 saturated heterocycles. The summed E-state index contributed by atoms with van der Waals surface area (Å²) in [5.74, 6) is 1.08. The van der Waals surface area contributed by atoms with E-state index in [1.54, 1.807) is 0 Å². The Kier molecular flexibility index (Phi) is 4.81. The molecule has 0 radical (unpaired) electrons. The Bertz CT molecular complexity index is 419. The third kappa shape index (κ3) is 3.69. The maximum atomic E-state index is 13.4. The Labute approximate surface area is 115 Å². The molecular weight excluding hydrogens is 241 g/mol. The van der Waals surface area contributed by atoms with Crippen LogP contribution in [0.3, 0.4) is 0 Å².